The van der Waals surface area contributed by atoms with Crippen molar-refractivity contribution in [3.8, 4) is 11.3 Å². The molecule has 3 rings (SSSR count). The lowest BCUT2D eigenvalue weighted by Crippen LogP contribution is -2.23. The quantitative estimate of drug-likeness (QED) is 0.750. The maximum absolute atomic E-state index is 12.2. The summed E-state index contributed by atoms with van der Waals surface area (Å²) in [5, 5.41) is 5.40. The molecule has 126 valence electrons. The van der Waals surface area contributed by atoms with Crippen molar-refractivity contribution in [1.29, 1.82) is 0 Å². The number of aromatic nitrogens is 1. The van der Waals surface area contributed by atoms with Gasteiger partial charge in [-0.25, -0.2) is 4.98 Å². The first-order valence-electron chi connectivity index (χ1n) is 7.78. The van der Waals surface area contributed by atoms with E-state index in [2.05, 4.69) is 15.6 Å². The molecule has 1 heterocycles. The van der Waals surface area contributed by atoms with Crippen LogP contribution in [0.15, 0.2) is 65.2 Å². The molecule has 0 aliphatic carbocycles. The van der Waals surface area contributed by atoms with Gasteiger partial charge in [-0.2, -0.15) is 0 Å². The Morgan fingerprint density at radius 2 is 1.88 bits per heavy atom. The molecule has 0 aliphatic rings. The first-order chi connectivity index (χ1) is 12.1. The molecule has 0 saturated heterocycles. The average molecular weight is 335 g/mol. The highest BCUT2D eigenvalue weighted by Gasteiger charge is 2.10. The Morgan fingerprint density at radius 1 is 1.08 bits per heavy atom. The summed E-state index contributed by atoms with van der Waals surface area (Å²) >= 11 is 0. The Labute approximate surface area is 144 Å². The molecule has 0 atom stereocenters. The number of rotatable bonds is 5. The molecule has 0 radical (unpaired) electrons. The fourth-order valence-electron chi connectivity index (χ4n) is 2.33. The van der Waals surface area contributed by atoms with E-state index in [1.807, 2.05) is 30.3 Å². The SMILES string of the molecule is CC(=O)Nc1cccc(C(=O)NCc2ncc(-c3ccccc3)o2)c1. The van der Waals surface area contributed by atoms with Crippen molar-refractivity contribution in [2.45, 2.75) is 13.5 Å². The predicted octanol–water partition coefficient (Wildman–Crippen LogP) is 3.23. The van der Waals surface area contributed by atoms with Gasteiger partial charge in [0, 0.05) is 23.7 Å². The Morgan fingerprint density at radius 3 is 2.64 bits per heavy atom. The van der Waals surface area contributed by atoms with Crippen molar-refractivity contribution in [3.63, 3.8) is 0 Å². The maximum atomic E-state index is 12.2. The minimum absolute atomic E-state index is 0.177. The standard InChI is InChI=1S/C19H17N3O3/c1-13(23)22-16-9-5-8-15(10-16)19(24)21-12-18-20-11-17(25-18)14-6-3-2-4-7-14/h2-11H,12H2,1H3,(H,21,24)(H,22,23). The van der Waals surface area contributed by atoms with Crippen LogP contribution in [0.25, 0.3) is 11.3 Å². The van der Waals surface area contributed by atoms with Gasteiger partial charge < -0.3 is 15.1 Å². The zero-order valence-corrected chi connectivity index (χ0v) is 13.7. The Balaban J connectivity index is 1.63. The van der Waals surface area contributed by atoms with Gasteiger partial charge in [0.05, 0.1) is 12.7 Å². The van der Waals surface area contributed by atoms with Crippen LogP contribution < -0.4 is 10.6 Å². The van der Waals surface area contributed by atoms with E-state index in [1.54, 1.807) is 30.5 Å². The normalized spacial score (nSPS) is 10.3. The number of benzene rings is 2. The molecule has 0 unspecified atom stereocenters. The molecule has 0 saturated carbocycles. The minimum Gasteiger partial charge on any atom is -0.439 e. The molecule has 0 aliphatic heterocycles. The van der Waals surface area contributed by atoms with Gasteiger partial charge in [-0.05, 0) is 18.2 Å². The Bertz CT molecular complexity index is 888. The van der Waals surface area contributed by atoms with E-state index in [-0.39, 0.29) is 18.4 Å². The summed E-state index contributed by atoms with van der Waals surface area (Å²) in [4.78, 5) is 27.5. The van der Waals surface area contributed by atoms with Gasteiger partial charge in [0.15, 0.2) is 5.76 Å². The van der Waals surface area contributed by atoms with Crippen LogP contribution in [0.2, 0.25) is 0 Å². The summed E-state index contributed by atoms with van der Waals surface area (Å²) in [5.74, 6) is 0.611. The van der Waals surface area contributed by atoms with E-state index in [1.165, 1.54) is 6.92 Å². The van der Waals surface area contributed by atoms with E-state index < -0.39 is 0 Å². The predicted molar refractivity (Wildman–Crippen MR) is 93.9 cm³/mol. The number of amides is 2. The summed E-state index contributed by atoms with van der Waals surface area (Å²) < 4.78 is 5.65. The third-order valence-corrected chi connectivity index (χ3v) is 3.46. The first-order valence-corrected chi connectivity index (χ1v) is 7.78. The second-order valence-corrected chi connectivity index (χ2v) is 5.43. The maximum Gasteiger partial charge on any atom is 0.251 e. The lowest BCUT2D eigenvalue weighted by molar-refractivity contribution is -0.114. The van der Waals surface area contributed by atoms with Gasteiger partial charge in [0.1, 0.15) is 0 Å². The molecular formula is C19H17N3O3. The lowest BCUT2D eigenvalue weighted by atomic mass is 10.2. The van der Waals surface area contributed by atoms with Crippen molar-refractivity contribution in [2.24, 2.45) is 0 Å². The third kappa shape index (κ3) is 4.32. The fourth-order valence-corrected chi connectivity index (χ4v) is 2.33. The highest BCUT2D eigenvalue weighted by Crippen LogP contribution is 2.19. The molecule has 6 nitrogen and oxygen atoms in total. The highest BCUT2D eigenvalue weighted by molar-refractivity contribution is 5.96. The third-order valence-electron chi connectivity index (χ3n) is 3.46. The van der Waals surface area contributed by atoms with Crippen molar-refractivity contribution in [2.75, 3.05) is 5.32 Å². The van der Waals surface area contributed by atoms with E-state index in [4.69, 9.17) is 4.42 Å². The molecule has 1 aromatic heterocycles. The summed E-state index contributed by atoms with van der Waals surface area (Å²) in [5.41, 5.74) is 1.94. The van der Waals surface area contributed by atoms with Crippen LogP contribution in [0, 0.1) is 0 Å². The number of oxazole rings is 1. The number of hydrogen-bond acceptors (Lipinski definition) is 4. The number of hydrogen-bond donors (Lipinski definition) is 2. The molecule has 0 bridgehead atoms. The van der Waals surface area contributed by atoms with Crippen LogP contribution in [0.4, 0.5) is 5.69 Å². The fraction of sp³-hybridized carbons (Fsp3) is 0.105. The Kier molecular flexibility index (Phi) is 4.89. The molecule has 2 N–H and O–H groups in total. The Hall–Kier alpha value is -3.41. The minimum atomic E-state index is -0.272. The van der Waals surface area contributed by atoms with E-state index in [0.29, 0.717) is 22.9 Å². The van der Waals surface area contributed by atoms with Crippen molar-refractivity contribution >= 4 is 17.5 Å². The number of carbonyl (C=O) groups is 2. The van der Waals surface area contributed by atoms with Crippen LogP contribution in [-0.4, -0.2) is 16.8 Å². The van der Waals surface area contributed by atoms with Gasteiger partial charge in [-0.15, -0.1) is 0 Å². The van der Waals surface area contributed by atoms with Crippen LogP contribution in [0.3, 0.4) is 0 Å². The molecule has 25 heavy (non-hydrogen) atoms. The van der Waals surface area contributed by atoms with Crippen molar-refractivity contribution < 1.29 is 14.0 Å². The zero-order valence-electron chi connectivity index (χ0n) is 13.7. The average Bonchev–Trinajstić information content (AvgIpc) is 3.09. The summed E-state index contributed by atoms with van der Waals surface area (Å²) in [6.45, 7) is 1.59. The van der Waals surface area contributed by atoms with Crippen molar-refractivity contribution in [3.05, 3.63) is 72.2 Å². The molecule has 3 aromatic rings. The summed E-state index contributed by atoms with van der Waals surface area (Å²) in [6.07, 6.45) is 1.63. The number of nitrogens with zero attached hydrogens (tertiary/aromatic N) is 1. The van der Waals surface area contributed by atoms with Crippen molar-refractivity contribution in [1.82, 2.24) is 10.3 Å². The topological polar surface area (TPSA) is 84.2 Å². The number of nitrogens with one attached hydrogen (secondary N) is 2. The second kappa shape index (κ2) is 7.44. The summed E-state index contributed by atoms with van der Waals surface area (Å²) in [7, 11) is 0. The summed E-state index contributed by atoms with van der Waals surface area (Å²) in [6, 6.07) is 16.3. The van der Waals surface area contributed by atoms with E-state index >= 15 is 0 Å². The molecule has 6 heteroatoms. The van der Waals surface area contributed by atoms with Crippen LogP contribution in [0.5, 0.6) is 0 Å². The molecule has 2 amide bonds. The largest absolute Gasteiger partial charge is 0.439 e. The van der Waals surface area contributed by atoms with Crippen LogP contribution in [-0.2, 0) is 11.3 Å². The van der Waals surface area contributed by atoms with E-state index in [0.717, 1.165) is 5.56 Å². The highest BCUT2D eigenvalue weighted by atomic mass is 16.4. The first kappa shape index (κ1) is 16.4. The van der Waals surface area contributed by atoms with Gasteiger partial charge in [0.2, 0.25) is 11.8 Å². The number of anilines is 1. The zero-order chi connectivity index (χ0) is 17.6. The molecule has 0 fully saturated rings. The van der Waals surface area contributed by atoms with Gasteiger partial charge in [-0.3, -0.25) is 9.59 Å². The lowest BCUT2D eigenvalue weighted by Gasteiger charge is -2.06. The van der Waals surface area contributed by atoms with Gasteiger partial charge >= 0.3 is 0 Å². The number of carbonyl (C=O) groups excluding carboxylic acids is 2. The van der Waals surface area contributed by atoms with Crippen LogP contribution in [0.1, 0.15) is 23.2 Å². The monoisotopic (exact) mass is 335 g/mol. The van der Waals surface area contributed by atoms with Gasteiger partial charge in [-0.1, -0.05) is 36.4 Å². The smallest absolute Gasteiger partial charge is 0.251 e. The van der Waals surface area contributed by atoms with Gasteiger partial charge in [0.25, 0.3) is 5.91 Å². The molecular weight excluding hydrogens is 318 g/mol. The molecule has 0 spiro atoms. The molecule has 2 aromatic carbocycles. The second-order valence-electron chi connectivity index (χ2n) is 5.43. The van der Waals surface area contributed by atoms with E-state index in [9.17, 15) is 9.59 Å². The van der Waals surface area contributed by atoms with Crippen LogP contribution >= 0.6 is 0 Å².